The minimum atomic E-state index is -4.97. The summed E-state index contributed by atoms with van der Waals surface area (Å²) in [5.74, 6) is -1.70. The first kappa shape index (κ1) is 16.3. The van der Waals surface area contributed by atoms with Gasteiger partial charge in [-0.05, 0) is 18.2 Å². The summed E-state index contributed by atoms with van der Waals surface area (Å²) in [6.07, 6.45) is -3.09. The summed E-state index contributed by atoms with van der Waals surface area (Å²) < 4.78 is 51.4. The normalized spacial score (nSPS) is 11.1. The number of hydrogen-bond acceptors (Lipinski definition) is 4. The van der Waals surface area contributed by atoms with E-state index in [0.29, 0.717) is 12.1 Å². The summed E-state index contributed by atoms with van der Waals surface area (Å²) in [6, 6.07) is 2.85. The summed E-state index contributed by atoms with van der Waals surface area (Å²) in [6.45, 7) is 0. The smallest absolute Gasteiger partial charge is 0.322 e. The van der Waals surface area contributed by atoms with Gasteiger partial charge in [0.25, 0.3) is 11.6 Å². The van der Waals surface area contributed by atoms with Gasteiger partial charge >= 0.3 is 6.18 Å². The third-order valence-electron chi connectivity index (χ3n) is 2.72. The molecule has 0 aliphatic rings. The van der Waals surface area contributed by atoms with E-state index in [0.717, 1.165) is 24.5 Å². The number of nitro groups is 1. The Morgan fingerprint density at radius 2 is 1.91 bits per heavy atom. The van der Waals surface area contributed by atoms with Gasteiger partial charge in [-0.25, -0.2) is 4.39 Å². The number of anilines is 1. The molecule has 0 atom stereocenters. The van der Waals surface area contributed by atoms with E-state index in [4.69, 9.17) is 0 Å². The molecule has 1 heterocycles. The van der Waals surface area contributed by atoms with Gasteiger partial charge in [0.05, 0.1) is 16.7 Å². The minimum absolute atomic E-state index is 0.211. The van der Waals surface area contributed by atoms with Gasteiger partial charge in [-0.2, -0.15) is 13.2 Å². The zero-order chi connectivity index (χ0) is 17.2. The van der Waals surface area contributed by atoms with Crippen molar-refractivity contribution >= 4 is 17.3 Å². The summed E-state index contributed by atoms with van der Waals surface area (Å²) in [4.78, 5) is 24.7. The van der Waals surface area contributed by atoms with Crippen molar-refractivity contribution in [3.63, 3.8) is 0 Å². The van der Waals surface area contributed by atoms with Crippen LogP contribution in [0.1, 0.15) is 15.9 Å². The highest BCUT2D eigenvalue weighted by Gasteiger charge is 2.38. The van der Waals surface area contributed by atoms with Crippen LogP contribution in [0.15, 0.2) is 36.7 Å². The molecule has 0 saturated heterocycles. The molecule has 0 radical (unpaired) electrons. The van der Waals surface area contributed by atoms with Crippen LogP contribution in [0.3, 0.4) is 0 Å². The Bertz CT molecular complexity index is 777. The van der Waals surface area contributed by atoms with E-state index in [2.05, 4.69) is 10.3 Å². The maximum atomic E-state index is 13.0. The fraction of sp³-hybridized carbons (Fsp3) is 0.0769. The number of nitro benzene ring substituents is 1. The van der Waals surface area contributed by atoms with Crippen molar-refractivity contribution < 1.29 is 27.3 Å². The largest absolute Gasteiger partial charge is 0.423 e. The van der Waals surface area contributed by atoms with Gasteiger partial charge in [0.1, 0.15) is 11.4 Å². The van der Waals surface area contributed by atoms with Gasteiger partial charge < -0.3 is 5.32 Å². The molecule has 1 aromatic heterocycles. The number of rotatable bonds is 3. The fourth-order valence-corrected chi connectivity index (χ4v) is 1.74. The number of nitrogens with zero attached hydrogens (tertiary/aromatic N) is 2. The molecule has 2 aromatic rings. The molecule has 0 unspecified atom stereocenters. The van der Waals surface area contributed by atoms with Crippen LogP contribution in [0.5, 0.6) is 0 Å². The fourth-order valence-electron chi connectivity index (χ4n) is 1.74. The molecule has 0 spiro atoms. The predicted octanol–water partition coefficient (Wildman–Crippen LogP) is 3.40. The third-order valence-corrected chi connectivity index (χ3v) is 2.72. The van der Waals surface area contributed by atoms with Crippen molar-refractivity contribution in [1.82, 2.24) is 4.98 Å². The molecule has 120 valence electrons. The first-order valence-electron chi connectivity index (χ1n) is 5.96. The number of halogens is 4. The van der Waals surface area contributed by atoms with Crippen LogP contribution < -0.4 is 5.32 Å². The Hall–Kier alpha value is -3.04. The number of carbonyl (C=O) groups is 1. The van der Waals surface area contributed by atoms with Gasteiger partial charge in [-0.15, -0.1) is 0 Å². The van der Waals surface area contributed by atoms with Crippen molar-refractivity contribution in [2.24, 2.45) is 0 Å². The zero-order valence-corrected chi connectivity index (χ0v) is 11.1. The van der Waals surface area contributed by atoms with Crippen molar-refractivity contribution in [2.45, 2.75) is 6.18 Å². The average Bonchev–Trinajstić information content (AvgIpc) is 2.46. The lowest BCUT2D eigenvalue weighted by atomic mass is 10.1. The maximum Gasteiger partial charge on any atom is 0.423 e. The molecule has 0 aliphatic heterocycles. The summed E-state index contributed by atoms with van der Waals surface area (Å²) in [7, 11) is 0. The minimum Gasteiger partial charge on any atom is -0.322 e. The Labute approximate surface area is 125 Å². The number of carbonyl (C=O) groups excluding carboxylic acids is 1. The molecule has 0 fully saturated rings. The van der Waals surface area contributed by atoms with Crippen LogP contribution in [0, 0.1) is 15.9 Å². The number of hydrogen-bond donors (Lipinski definition) is 1. The van der Waals surface area contributed by atoms with Gasteiger partial charge in [0.15, 0.2) is 0 Å². The molecule has 0 aliphatic carbocycles. The Morgan fingerprint density at radius 3 is 2.48 bits per heavy atom. The summed E-state index contributed by atoms with van der Waals surface area (Å²) in [5, 5.41) is 12.7. The topological polar surface area (TPSA) is 85.1 Å². The first-order chi connectivity index (χ1) is 10.7. The molecule has 1 aromatic carbocycles. The molecule has 1 N–H and O–H groups in total. The second kappa shape index (κ2) is 5.99. The lowest BCUT2D eigenvalue weighted by Crippen LogP contribution is -2.14. The van der Waals surface area contributed by atoms with E-state index in [9.17, 15) is 32.5 Å². The maximum absolute atomic E-state index is 13.0. The van der Waals surface area contributed by atoms with Crippen LogP contribution >= 0.6 is 0 Å². The number of nitrogens with one attached hydrogen (secondary N) is 1. The molecule has 10 heteroatoms. The number of aromatic nitrogens is 1. The molecule has 0 saturated carbocycles. The second-order valence-electron chi connectivity index (χ2n) is 4.33. The van der Waals surface area contributed by atoms with Gasteiger partial charge in [0.2, 0.25) is 0 Å². The SMILES string of the molecule is O=C(Nc1ccc([N+](=O)[O-])c(C(F)(F)F)c1)c1cncc(F)c1. The molecular formula is C13H7F4N3O3. The average molecular weight is 329 g/mol. The summed E-state index contributed by atoms with van der Waals surface area (Å²) >= 11 is 0. The van der Waals surface area contributed by atoms with Crippen molar-refractivity contribution in [1.29, 1.82) is 0 Å². The van der Waals surface area contributed by atoms with Crippen LogP contribution in [-0.2, 0) is 6.18 Å². The molecule has 1 amide bonds. The van der Waals surface area contributed by atoms with Crippen molar-refractivity contribution in [2.75, 3.05) is 5.32 Å². The first-order valence-corrected chi connectivity index (χ1v) is 5.96. The number of alkyl halides is 3. The van der Waals surface area contributed by atoms with E-state index < -0.39 is 34.1 Å². The monoisotopic (exact) mass is 329 g/mol. The zero-order valence-electron chi connectivity index (χ0n) is 11.1. The molecule has 6 nitrogen and oxygen atoms in total. The van der Waals surface area contributed by atoms with Crippen LogP contribution in [0.4, 0.5) is 28.9 Å². The number of amides is 1. The Kier molecular flexibility index (Phi) is 4.25. The lowest BCUT2D eigenvalue weighted by molar-refractivity contribution is -0.388. The Morgan fingerprint density at radius 1 is 1.22 bits per heavy atom. The molecule has 2 rings (SSSR count). The van der Waals surface area contributed by atoms with Gasteiger partial charge in [-0.3, -0.25) is 19.9 Å². The number of pyridine rings is 1. The molecule has 23 heavy (non-hydrogen) atoms. The lowest BCUT2D eigenvalue weighted by Gasteiger charge is -2.10. The van der Waals surface area contributed by atoms with E-state index in [-0.39, 0.29) is 11.3 Å². The number of benzene rings is 1. The van der Waals surface area contributed by atoms with Crippen molar-refractivity contribution in [3.8, 4) is 0 Å². The Balaban J connectivity index is 2.34. The van der Waals surface area contributed by atoms with Crippen LogP contribution in [0.25, 0.3) is 0 Å². The highest BCUT2D eigenvalue weighted by Crippen LogP contribution is 2.37. The van der Waals surface area contributed by atoms with Crippen molar-refractivity contribution in [3.05, 3.63) is 63.7 Å². The van der Waals surface area contributed by atoms with E-state index in [1.165, 1.54) is 0 Å². The standard InChI is InChI=1S/C13H7F4N3O3/c14-8-3-7(5-18-6-8)12(21)19-9-1-2-11(20(22)23)10(4-9)13(15,16)17/h1-6H,(H,19,21). The van der Waals surface area contributed by atoms with Crippen LogP contribution in [-0.4, -0.2) is 15.8 Å². The van der Waals surface area contributed by atoms with Crippen LogP contribution in [0.2, 0.25) is 0 Å². The van der Waals surface area contributed by atoms with E-state index >= 15 is 0 Å². The van der Waals surface area contributed by atoms with Gasteiger partial charge in [0, 0.05) is 18.0 Å². The second-order valence-corrected chi connectivity index (χ2v) is 4.33. The quantitative estimate of drug-likeness (QED) is 0.531. The molecular weight excluding hydrogens is 322 g/mol. The highest BCUT2D eigenvalue weighted by atomic mass is 19.4. The third kappa shape index (κ3) is 3.78. The van der Waals surface area contributed by atoms with E-state index in [1.54, 1.807) is 0 Å². The van der Waals surface area contributed by atoms with Gasteiger partial charge in [-0.1, -0.05) is 0 Å². The highest BCUT2D eigenvalue weighted by molar-refractivity contribution is 6.04. The van der Waals surface area contributed by atoms with E-state index in [1.807, 2.05) is 0 Å². The summed E-state index contributed by atoms with van der Waals surface area (Å²) in [5.41, 5.74) is -3.17. The predicted molar refractivity (Wildman–Crippen MR) is 70.2 cm³/mol. The molecule has 0 bridgehead atoms.